The average Bonchev–Trinajstić information content (AvgIpc) is 0.918. The molecule has 0 aromatic carbocycles. The molecule has 0 atom stereocenters. The van der Waals surface area contributed by atoms with Gasteiger partial charge in [0.15, 0.2) is 0 Å². The molecule has 0 N–H and O–H groups in total. The molecule has 0 radical (unpaired) electrons. The summed E-state index contributed by atoms with van der Waals surface area (Å²) in [6.07, 6.45) is 0. The van der Waals surface area contributed by atoms with Crippen LogP contribution in [0.25, 0.3) is 0 Å². The summed E-state index contributed by atoms with van der Waals surface area (Å²) in [5.41, 5.74) is 0. The van der Waals surface area contributed by atoms with Crippen molar-refractivity contribution in [1.82, 2.24) is 0 Å². The average molecular weight is 86.2 g/mol. The molecule has 0 aliphatic heterocycles. The van der Waals surface area contributed by atoms with E-state index in [4.69, 9.17) is 0 Å². The van der Waals surface area contributed by atoms with Crippen LogP contribution in [0.4, 0.5) is 0 Å². The number of hydrogen-bond donors (Lipinski definition) is 0. The molecule has 4 heavy (non-hydrogen) atoms. The van der Waals surface area contributed by atoms with E-state index in [1.54, 1.807) is 14.2 Å². The van der Waals surface area contributed by atoms with E-state index in [1.807, 2.05) is 0 Å². The number of ether oxygens (including phenoxy) is 1. The second-order valence-electron chi connectivity index (χ2n) is 0.408. The molecule has 0 aliphatic rings. The fourth-order valence-electron chi connectivity index (χ4n) is 0. The summed E-state index contributed by atoms with van der Waals surface area (Å²) in [7, 11) is 3.25. The molecule has 0 amide bonds. The largest absolute Gasteiger partial charge is 1.00 e. The number of hydrogen-bond acceptors (Lipinski definition) is 1. The Balaban J connectivity index is -0.0000000200. The minimum Gasteiger partial charge on any atom is -1.00 e. The summed E-state index contributed by atoms with van der Waals surface area (Å²) < 4.78 is 4.25. The van der Waals surface area contributed by atoms with E-state index in [0.717, 1.165) is 0 Å². The van der Waals surface area contributed by atoms with E-state index in [-0.39, 0.29) is 52.8 Å². The Morgan fingerprint density at radius 1 is 1.50 bits per heavy atom. The Morgan fingerprint density at radius 2 is 1.50 bits per heavy atom. The maximum absolute atomic E-state index is 4.25. The van der Waals surface area contributed by atoms with Crippen LogP contribution in [0.1, 0.15) is 1.43 Å². The van der Waals surface area contributed by atoms with E-state index in [2.05, 4.69) is 4.74 Å². The van der Waals surface area contributed by atoms with Gasteiger partial charge in [-0.2, -0.15) is 0 Å². The Hall–Kier alpha value is 1.60. The Labute approximate surface area is 70.6 Å². The predicted molar refractivity (Wildman–Crippen MR) is 14.0 cm³/mol. The van der Waals surface area contributed by atoms with Crippen molar-refractivity contribution in [3.8, 4) is 0 Å². The van der Waals surface area contributed by atoms with Gasteiger partial charge in [-0.3, -0.25) is 0 Å². The van der Waals surface area contributed by atoms with Crippen LogP contribution in [0.2, 0.25) is 0 Å². The number of methoxy groups -OCH3 is 1. The molecule has 1 nitrogen and oxygen atoms in total. The molecule has 0 spiro atoms. The Kier molecular flexibility index (Phi) is 20.2. The number of rotatable bonds is 0. The molecule has 0 fully saturated rings. The SMILES string of the molecule is COC.[H-].[K+]. The zero-order chi connectivity index (χ0) is 2.71. The van der Waals surface area contributed by atoms with Crippen molar-refractivity contribution in [2.24, 2.45) is 0 Å². The summed E-state index contributed by atoms with van der Waals surface area (Å²) in [6.45, 7) is 0. The van der Waals surface area contributed by atoms with Gasteiger partial charge in [-0.1, -0.05) is 0 Å². The van der Waals surface area contributed by atoms with Crippen LogP contribution < -0.4 is 51.4 Å². The van der Waals surface area contributed by atoms with Crippen LogP contribution in [-0.4, -0.2) is 14.2 Å². The van der Waals surface area contributed by atoms with E-state index in [0.29, 0.717) is 0 Å². The first-order valence-corrected chi connectivity index (χ1v) is 0.816. The smallest absolute Gasteiger partial charge is 1.00 e. The molecule has 0 heterocycles. The van der Waals surface area contributed by atoms with E-state index >= 15 is 0 Å². The molecule has 0 saturated heterocycles. The van der Waals surface area contributed by atoms with Crippen molar-refractivity contribution < 1.29 is 57.5 Å². The summed E-state index contributed by atoms with van der Waals surface area (Å²) in [6, 6.07) is 0. The Morgan fingerprint density at radius 3 is 1.50 bits per heavy atom. The quantitative estimate of drug-likeness (QED) is 0.293. The van der Waals surface area contributed by atoms with Crippen molar-refractivity contribution in [3.63, 3.8) is 0 Å². The van der Waals surface area contributed by atoms with E-state index in [9.17, 15) is 0 Å². The van der Waals surface area contributed by atoms with Gasteiger partial charge in [-0.15, -0.1) is 0 Å². The van der Waals surface area contributed by atoms with Gasteiger partial charge < -0.3 is 6.16 Å². The van der Waals surface area contributed by atoms with Crippen LogP contribution in [0, 0.1) is 0 Å². The molecule has 0 rings (SSSR count). The van der Waals surface area contributed by atoms with Crippen LogP contribution >= 0.6 is 0 Å². The molecule has 0 bridgehead atoms. The van der Waals surface area contributed by atoms with Gasteiger partial charge in [0.25, 0.3) is 0 Å². The molecule has 22 valence electrons. The second kappa shape index (κ2) is 8.82. The molecule has 0 unspecified atom stereocenters. The van der Waals surface area contributed by atoms with Crippen LogP contribution in [0.15, 0.2) is 0 Å². The minimum absolute atomic E-state index is 0. The summed E-state index contributed by atoms with van der Waals surface area (Å²) in [5.74, 6) is 0. The van der Waals surface area contributed by atoms with Gasteiger partial charge in [-0.25, -0.2) is 0 Å². The van der Waals surface area contributed by atoms with Crippen molar-refractivity contribution in [3.05, 3.63) is 0 Å². The molecular formula is C2H7KO. The maximum atomic E-state index is 4.25. The van der Waals surface area contributed by atoms with Gasteiger partial charge in [-0.05, 0) is 0 Å². The zero-order valence-corrected chi connectivity index (χ0v) is 6.53. The monoisotopic (exact) mass is 86.0 g/mol. The normalized spacial score (nSPS) is 4.50. The standard InChI is InChI=1S/C2H6O.K.H/c1-3-2;;/h1-2H3;;/q;+1;-1. The predicted octanol–water partition coefficient (Wildman–Crippen LogP) is -2.62. The fraction of sp³-hybridized carbons (Fsp3) is 1.00. The molecular weight excluding hydrogens is 79.1 g/mol. The molecule has 0 aromatic rings. The van der Waals surface area contributed by atoms with Crippen LogP contribution in [0.5, 0.6) is 0 Å². The first kappa shape index (κ1) is 9.14. The first-order chi connectivity index (χ1) is 1.41. The summed E-state index contributed by atoms with van der Waals surface area (Å²) in [5, 5.41) is 0. The topological polar surface area (TPSA) is 9.23 Å². The summed E-state index contributed by atoms with van der Waals surface area (Å²) in [4.78, 5) is 0. The third-order valence-electron chi connectivity index (χ3n) is 0. The third kappa shape index (κ3) is 9.51. The van der Waals surface area contributed by atoms with E-state index < -0.39 is 0 Å². The first-order valence-electron chi connectivity index (χ1n) is 0.816. The van der Waals surface area contributed by atoms with Gasteiger partial charge in [0, 0.05) is 14.2 Å². The van der Waals surface area contributed by atoms with Crippen LogP contribution in [-0.2, 0) is 4.74 Å². The molecule has 0 aromatic heterocycles. The zero-order valence-electron chi connectivity index (χ0n) is 4.41. The van der Waals surface area contributed by atoms with Crippen molar-refractivity contribution in [2.45, 2.75) is 0 Å². The van der Waals surface area contributed by atoms with Crippen molar-refractivity contribution in [1.29, 1.82) is 0 Å². The van der Waals surface area contributed by atoms with Crippen molar-refractivity contribution >= 4 is 0 Å². The molecule has 0 saturated carbocycles. The van der Waals surface area contributed by atoms with Gasteiger partial charge >= 0.3 is 51.4 Å². The minimum atomic E-state index is 0. The van der Waals surface area contributed by atoms with E-state index in [1.165, 1.54) is 0 Å². The van der Waals surface area contributed by atoms with Crippen molar-refractivity contribution in [2.75, 3.05) is 14.2 Å². The van der Waals surface area contributed by atoms with Gasteiger partial charge in [0.1, 0.15) is 0 Å². The van der Waals surface area contributed by atoms with Gasteiger partial charge in [0.05, 0.1) is 0 Å². The summed E-state index contributed by atoms with van der Waals surface area (Å²) >= 11 is 0. The maximum Gasteiger partial charge on any atom is 1.00 e. The molecule has 2 heteroatoms. The Bertz CT molecular complexity index is 9.61. The fourth-order valence-corrected chi connectivity index (χ4v) is 0. The van der Waals surface area contributed by atoms with Crippen LogP contribution in [0.3, 0.4) is 0 Å². The molecule has 0 aliphatic carbocycles. The van der Waals surface area contributed by atoms with Gasteiger partial charge in [0.2, 0.25) is 0 Å². The third-order valence-corrected chi connectivity index (χ3v) is 0. The second-order valence-corrected chi connectivity index (χ2v) is 0.408.